The average Bonchev–Trinajstić information content (AvgIpc) is 1.11. The molecule has 0 unspecified atom stereocenters. The SMILES string of the molecule is COc1cc(-c2cn(C)c(=O)c3cnccc23)cc(OC)c1C=O.COc1cc(-c2cn(C)c(=O)c3cnccc23)cc(OC)c1CN(C)CCCCCCCC(=O)C[C@H](C(=O)N1C[C@H](O)C[C@H]1C(=O)NCc1ccc(-c2scnc2C)cc1)C(C)(C)C.Cc1ncsc1-c1ccc(CNC(=O)[C@@H]2C[C@@H](O)CN2C(=O)[C@@H](NC(=O)CCCCCCCCCN)C(C)(C)C)cc1. The second-order valence-corrected chi connectivity index (χ2v) is 37.7. The van der Waals surface area contributed by atoms with Crippen LogP contribution >= 0.6 is 22.7 Å². The maximum Gasteiger partial charge on any atom is 0.259 e. The zero-order valence-electron chi connectivity index (χ0n) is 77.8. The molecule has 0 spiro atoms. The number of aliphatic hydroxyl groups is 2. The highest BCUT2D eigenvalue weighted by molar-refractivity contribution is 7.13. The number of pyridine rings is 4. The highest BCUT2D eigenvalue weighted by Crippen LogP contribution is 2.41. The van der Waals surface area contributed by atoms with Crippen LogP contribution in [0.3, 0.4) is 0 Å². The number of aldehydes is 1. The van der Waals surface area contributed by atoms with Gasteiger partial charge in [-0.1, -0.05) is 141 Å². The molecule has 2 fully saturated rings. The van der Waals surface area contributed by atoms with E-state index in [1.807, 2.05) is 139 Å². The van der Waals surface area contributed by atoms with E-state index in [4.69, 9.17) is 24.7 Å². The minimum absolute atomic E-state index is 0.0427. The fourth-order valence-corrected chi connectivity index (χ4v) is 18.4. The lowest BCUT2D eigenvalue weighted by Gasteiger charge is -2.35. The van der Waals surface area contributed by atoms with Crippen molar-refractivity contribution in [1.82, 2.24) is 59.7 Å². The van der Waals surface area contributed by atoms with Gasteiger partial charge in [0.05, 0.1) is 94.7 Å². The quantitative estimate of drug-likeness (QED) is 0.0154. The Kier molecular flexibility index (Phi) is 36.7. The van der Waals surface area contributed by atoms with Crippen molar-refractivity contribution >= 4 is 85.8 Å². The Morgan fingerprint density at radius 3 is 1.40 bits per heavy atom. The number of hydrogen-bond donors (Lipinski definition) is 6. The van der Waals surface area contributed by atoms with Crippen LogP contribution in [0.15, 0.2) is 143 Å². The number of amides is 5. The summed E-state index contributed by atoms with van der Waals surface area (Å²) in [6, 6.07) is 24.7. The summed E-state index contributed by atoms with van der Waals surface area (Å²) in [5.74, 6) is 0.290. The molecule has 2 aliphatic rings. The number of hydrogen-bond acceptors (Lipinski definition) is 23. The van der Waals surface area contributed by atoms with E-state index in [9.17, 15) is 53.4 Å². The number of β-amino-alcohol motifs (C(OH)–C–C–N with tert-alkyl or cyclic N) is 2. The van der Waals surface area contributed by atoms with Crippen molar-refractivity contribution in [3.8, 4) is 66.1 Å². The summed E-state index contributed by atoms with van der Waals surface area (Å²) < 4.78 is 25.5. The standard InChI is InChI=1S/C50H64N6O7S.C32H49N5O4S.C18H16N2O4/c1-32-46(64-31-53-32)34-17-15-33(16-18-34)26-52-47(59)43-25-37(58)28-56(43)49(61)42(50(2,3)4)24-36(57)14-12-10-9-11-13-21-54(5)29-41-44(62-7)22-35(23-45(41)63-8)40-30-55(6)48(60)39-27-51-20-19-38(39)40;1-22-28(42-21-35-22)24-15-13-23(14-16-24)19-34-30(40)26-18-25(38)20-37(26)31(41)29(32(2,3)4)36-27(39)12-10-8-6-5-7-9-11-17-33;1-20-9-14(12-4-5-19-8-13(12)18(20)22)11-6-16(23-2)15(10-21)17(7-11)24-3/h15-20,22-23,27,30-31,37,42-43,58H,9-14,21,24-26,28-29H2,1-8H3,(H,52,59);13-16,21,25-26,29,38H,5-12,17-20,33H2,1-4H3,(H,34,40)(H,36,39);4-10H,1-3H3/t37-,42-,43+;25-,26+,29-;/m11./s1. The van der Waals surface area contributed by atoms with Crippen LogP contribution in [0.2, 0.25) is 0 Å². The molecule has 12 rings (SSSR count). The number of aliphatic hydroxyl groups excluding tert-OH is 2. The van der Waals surface area contributed by atoms with Crippen LogP contribution in [0, 0.1) is 30.6 Å². The Labute approximate surface area is 770 Å². The molecule has 5 amide bonds. The summed E-state index contributed by atoms with van der Waals surface area (Å²) in [6.07, 6.45) is 22.3. The highest BCUT2D eigenvalue weighted by atomic mass is 32.1. The largest absolute Gasteiger partial charge is 0.496 e. The number of benzene rings is 4. The molecule has 0 bridgehead atoms. The molecule has 2 aliphatic heterocycles. The fraction of sp³-hybridized carbons (Fsp3) is 0.470. The predicted molar refractivity (Wildman–Crippen MR) is 511 cm³/mol. The molecule has 2 saturated heterocycles. The zero-order valence-corrected chi connectivity index (χ0v) is 79.5. The number of rotatable bonds is 39. The van der Waals surface area contributed by atoms with Gasteiger partial charge in [0, 0.05) is 133 Å². The Hall–Kier alpha value is -11.4. The van der Waals surface area contributed by atoms with Gasteiger partial charge in [-0.3, -0.25) is 53.1 Å². The van der Waals surface area contributed by atoms with Crippen LogP contribution in [-0.4, -0.2) is 188 Å². The lowest BCUT2D eigenvalue weighted by molar-refractivity contribution is -0.146. The van der Waals surface area contributed by atoms with Crippen molar-refractivity contribution in [2.75, 3.05) is 61.7 Å². The van der Waals surface area contributed by atoms with E-state index in [1.54, 1.807) is 105 Å². The van der Waals surface area contributed by atoms with Crippen LogP contribution in [0.4, 0.5) is 0 Å². The summed E-state index contributed by atoms with van der Waals surface area (Å²) in [4.78, 5) is 141. The first kappa shape index (κ1) is 101. The molecule has 0 aliphatic carbocycles. The van der Waals surface area contributed by atoms with E-state index in [2.05, 4.69) is 47.8 Å². The first-order valence-corrected chi connectivity index (χ1v) is 46.5. The van der Waals surface area contributed by atoms with Crippen LogP contribution < -0.4 is 51.8 Å². The topological polar surface area (TPSA) is 364 Å². The Morgan fingerprint density at radius 2 is 0.985 bits per heavy atom. The third kappa shape index (κ3) is 26.5. The number of fused-ring (bicyclic) bond motifs is 2. The number of nitrogens with zero attached hydrogens (tertiary/aromatic N) is 9. The van der Waals surface area contributed by atoms with Crippen molar-refractivity contribution in [1.29, 1.82) is 0 Å². The Morgan fingerprint density at radius 1 is 0.562 bits per heavy atom. The van der Waals surface area contributed by atoms with E-state index in [1.165, 1.54) is 35.0 Å². The Balaban J connectivity index is 0.000000226. The van der Waals surface area contributed by atoms with E-state index in [0.29, 0.717) is 78.1 Å². The van der Waals surface area contributed by atoms with Gasteiger partial charge >= 0.3 is 0 Å². The molecule has 28 nitrogen and oxygen atoms in total. The number of ketones is 1. The monoisotopic (exact) mass is 1820 g/mol. The van der Waals surface area contributed by atoms with Crippen LogP contribution in [0.5, 0.6) is 23.0 Å². The molecule has 8 heterocycles. The van der Waals surface area contributed by atoms with E-state index in [-0.39, 0.29) is 78.8 Å². The molecular weight excluding hydrogens is 1690 g/mol. The molecule has 0 radical (unpaired) electrons. The number of carbonyl (C=O) groups is 7. The summed E-state index contributed by atoms with van der Waals surface area (Å²) in [5, 5.41) is 32.6. The maximum absolute atomic E-state index is 14.1. The molecule has 130 heavy (non-hydrogen) atoms. The van der Waals surface area contributed by atoms with Gasteiger partial charge in [0.15, 0.2) is 6.29 Å². The molecule has 4 aromatic carbocycles. The van der Waals surface area contributed by atoms with Gasteiger partial charge in [0.2, 0.25) is 29.5 Å². The average molecular weight is 1820 g/mol. The summed E-state index contributed by atoms with van der Waals surface area (Å²) >= 11 is 3.18. The van der Waals surface area contributed by atoms with E-state index >= 15 is 0 Å². The van der Waals surface area contributed by atoms with Gasteiger partial charge in [0.1, 0.15) is 46.9 Å². The van der Waals surface area contributed by atoms with Crippen molar-refractivity contribution in [3.05, 3.63) is 187 Å². The Bertz CT molecular complexity index is 5610. The second-order valence-electron chi connectivity index (χ2n) is 36.0. The van der Waals surface area contributed by atoms with Crippen molar-refractivity contribution in [3.63, 3.8) is 0 Å². The van der Waals surface area contributed by atoms with Gasteiger partial charge in [-0.2, -0.15) is 0 Å². The molecule has 6 atom stereocenters. The zero-order chi connectivity index (χ0) is 94.1. The molecule has 10 aromatic rings. The van der Waals surface area contributed by atoms with Gasteiger partial charge in [0.25, 0.3) is 11.1 Å². The summed E-state index contributed by atoms with van der Waals surface area (Å²) in [6.45, 7) is 18.5. The maximum atomic E-state index is 14.1. The number of Topliss-reactive ketones (excluding diaryl/α,β-unsaturated/α-hetero) is 1. The van der Waals surface area contributed by atoms with Crippen LogP contribution in [-0.2, 0) is 62.5 Å². The minimum atomic E-state index is -0.811. The van der Waals surface area contributed by atoms with Crippen LogP contribution in [0.1, 0.15) is 189 Å². The second kappa shape index (κ2) is 47.4. The number of methoxy groups -OCH3 is 4. The number of nitrogens with two attached hydrogens (primary N) is 1. The third-order valence-electron chi connectivity index (χ3n) is 24.2. The lowest BCUT2D eigenvalue weighted by atomic mass is 9.76. The van der Waals surface area contributed by atoms with E-state index < -0.39 is 47.1 Å². The normalized spacial score (nSPS) is 15.4. The highest BCUT2D eigenvalue weighted by Gasteiger charge is 2.46. The number of aromatic nitrogens is 6. The molecule has 0 saturated carbocycles. The molecule has 30 heteroatoms. The number of aryl methyl sites for hydroxylation is 4. The smallest absolute Gasteiger partial charge is 0.259 e. The van der Waals surface area contributed by atoms with Crippen molar-refractivity contribution in [2.45, 2.75) is 215 Å². The molecule has 696 valence electrons. The molecule has 6 aromatic heterocycles. The van der Waals surface area contributed by atoms with Gasteiger partial charge in [-0.15, -0.1) is 22.7 Å². The first-order chi connectivity index (χ1) is 62.2. The van der Waals surface area contributed by atoms with Gasteiger partial charge in [-0.05, 0) is 151 Å². The molecular formula is C100H129N13O15S2. The summed E-state index contributed by atoms with van der Waals surface area (Å²) in [5.41, 5.74) is 18.5. The lowest BCUT2D eigenvalue weighted by Crippen LogP contribution is -2.57. The number of carbonyl (C=O) groups excluding carboxylic acids is 7. The number of nitrogens with one attached hydrogen (secondary N) is 3. The van der Waals surface area contributed by atoms with Gasteiger partial charge < -0.3 is 74.7 Å². The fourth-order valence-electron chi connectivity index (χ4n) is 16.8. The van der Waals surface area contributed by atoms with E-state index in [0.717, 1.165) is 166 Å². The van der Waals surface area contributed by atoms with Gasteiger partial charge in [-0.25, -0.2) is 9.97 Å². The summed E-state index contributed by atoms with van der Waals surface area (Å²) in [7, 11) is 11.8. The molecule has 7 N–H and O–H groups in total. The minimum Gasteiger partial charge on any atom is -0.496 e. The number of thiazole rings is 2. The third-order valence-corrected chi connectivity index (χ3v) is 26.1. The number of likely N-dealkylation sites (tertiary alicyclic amines) is 2. The van der Waals surface area contributed by atoms with Crippen molar-refractivity contribution < 1.29 is 62.7 Å². The number of unbranched alkanes of at least 4 members (excludes halogenated alkanes) is 10. The van der Waals surface area contributed by atoms with Crippen molar-refractivity contribution in [2.24, 2.45) is 36.6 Å². The number of ether oxygens (including phenoxy) is 4. The predicted octanol–water partition coefficient (Wildman–Crippen LogP) is 14.5. The van der Waals surface area contributed by atoms with Crippen LogP contribution in [0.25, 0.3) is 64.7 Å². The first-order valence-electron chi connectivity index (χ1n) is 44.7.